The molecule has 14 heavy (non-hydrogen) atoms. The number of nitro groups is 1. The van der Waals surface area contributed by atoms with E-state index in [4.69, 9.17) is 5.73 Å². The van der Waals surface area contributed by atoms with Gasteiger partial charge in [-0.15, -0.1) is 0 Å². The summed E-state index contributed by atoms with van der Waals surface area (Å²) in [4.78, 5) is 12.9. The van der Waals surface area contributed by atoms with E-state index < -0.39 is 22.6 Å². The van der Waals surface area contributed by atoms with Crippen LogP contribution in [0.25, 0.3) is 0 Å². The smallest absolute Gasteiger partial charge is 0.297 e. The zero-order valence-electron chi connectivity index (χ0n) is 6.58. The van der Waals surface area contributed by atoms with Crippen LogP contribution in [0.2, 0.25) is 0 Å². The predicted molar refractivity (Wildman–Crippen MR) is 48.0 cm³/mol. The highest BCUT2D eigenvalue weighted by molar-refractivity contribution is 9.10. The minimum absolute atomic E-state index is 0.193. The summed E-state index contributed by atoms with van der Waals surface area (Å²) in [5.41, 5.74) is 3.72. The van der Waals surface area contributed by atoms with E-state index in [2.05, 4.69) is 20.9 Å². The van der Waals surface area contributed by atoms with E-state index in [9.17, 15) is 18.9 Å². The van der Waals surface area contributed by atoms with E-state index in [1.807, 2.05) is 0 Å². The third kappa shape index (κ3) is 1.79. The van der Waals surface area contributed by atoms with Gasteiger partial charge in [0.05, 0.1) is 4.92 Å². The van der Waals surface area contributed by atoms with Crippen molar-refractivity contribution >= 4 is 27.4 Å². The second-order valence-electron chi connectivity index (χ2n) is 2.32. The predicted octanol–water partition coefficient (Wildman–Crippen LogP) is 2.27. The largest absolute Gasteiger partial charge is 0.383 e. The van der Waals surface area contributed by atoms with Gasteiger partial charge in [0.1, 0.15) is 15.9 Å². The Morgan fingerprint density at radius 2 is 2.21 bits per heavy atom. The van der Waals surface area contributed by atoms with Crippen molar-refractivity contribution < 1.29 is 13.7 Å². The summed E-state index contributed by atoms with van der Waals surface area (Å²) >= 11 is 2.74. The molecule has 0 aromatic carbocycles. The van der Waals surface area contributed by atoms with E-state index >= 15 is 0 Å². The van der Waals surface area contributed by atoms with Gasteiger partial charge < -0.3 is 5.73 Å². The highest BCUT2D eigenvalue weighted by Gasteiger charge is 2.27. The summed E-state index contributed by atoms with van der Waals surface area (Å²) < 4.78 is 24.4. The summed E-state index contributed by atoms with van der Waals surface area (Å²) in [6.07, 6.45) is -2.26. The van der Waals surface area contributed by atoms with E-state index in [1.165, 1.54) is 0 Å². The van der Waals surface area contributed by atoms with Crippen LogP contribution in [-0.4, -0.2) is 9.91 Å². The van der Waals surface area contributed by atoms with Gasteiger partial charge in [-0.25, -0.2) is 13.8 Å². The number of rotatable bonds is 2. The van der Waals surface area contributed by atoms with Gasteiger partial charge in [-0.05, 0) is 15.9 Å². The molecule has 1 aromatic rings. The van der Waals surface area contributed by atoms with Crippen LogP contribution in [0.3, 0.4) is 0 Å². The van der Waals surface area contributed by atoms with E-state index in [0.717, 1.165) is 0 Å². The lowest BCUT2D eigenvalue weighted by Crippen LogP contribution is -2.02. The van der Waals surface area contributed by atoms with Crippen molar-refractivity contribution in [2.45, 2.75) is 6.43 Å². The molecular weight excluding hydrogens is 264 g/mol. The fourth-order valence-electron chi connectivity index (χ4n) is 0.850. The highest BCUT2D eigenvalue weighted by atomic mass is 79.9. The zero-order valence-corrected chi connectivity index (χ0v) is 8.16. The van der Waals surface area contributed by atoms with Crippen molar-refractivity contribution in [3.8, 4) is 0 Å². The van der Waals surface area contributed by atoms with Gasteiger partial charge >= 0.3 is 0 Å². The summed E-state index contributed by atoms with van der Waals surface area (Å²) in [6, 6.07) is 0. The maximum Gasteiger partial charge on any atom is 0.297 e. The molecule has 0 radical (unpaired) electrons. The summed E-state index contributed by atoms with van der Waals surface area (Å²) in [7, 11) is 0. The van der Waals surface area contributed by atoms with Crippen LogP contribution >= 0.6 is 15.9 Å². The maximum atomic E-state index is 12.3. The van der Waals surface area contributed by atoms with Crippen LogP contribution in [0.1, 0.15) is 12.0 Å². The van der Waals surface area contributed by atoms with Crippen molar-refractivity contribution in [2.75, 3.05) is 5.73 Å². The Kier molecular flexibility index (Phi) is 2.94. The minimum Gasteiger partial charge on any atom is -0.383 e. The van der Waals surface area contributed by atoms with E-state index in [1.54, 1.807) is 0 Å². The molecule has 1 heterocycles. The first-order valence-corrected chi connectivity index (χ1v) is 4.11. The Morgan fingerprint density at radius 3 is 2.64 bits per heavy atom. The molecule has 0 bridgehead atoms. The number of halogens is 3. The van der Waals surface area contributed by atoms with Crippen LogP contribution in [0.15, 0.2) is 10.7 Å². The molecular formula is C6H4BrF2N3O2. The fourth-order valence-corrected chi connectivity index (χ4v) is 1.33. The number of nitrogens with two attached hydrogens (primary N) is 1. The van der Waals surface area contributed by atoms with Crippen LogP contribution in [0, 0.1) is 10.1 Å². The molecule has 0 amide bonds. The first kappa shape index (κ1) is 10.8. The highest BCUT2D eigenvalue weighted by Crippen LogP contribution is 2.36. The molecule has 5 nitrogen and oxygen atoms in total. The van der Waals surface area contributed by atoms with Crippen LogP contribution in [-0.2, 0) is 0 Å². The van der Waals surface area contributed by atoms with Crippen LogP contribution < -0.4 is 5.73 Å². The quantitative estimate of drug-likeness (QED) is 0.658. The number of hydrogen-bond donors (Lipinski definition) is 1. The topological polar surface area (TPSA) is 82.0 Å². The second-order valence-corrected chi connectivity index (χ2v) is 3.11. The number of aromatic nitrogens is 1. The van der Waals surface area contributed by atoms with Gasteiger partial charge in [0.15, 0.2) is 0 Å². The van der Waals surface area contributed by atoms with Crippen molar-refractivity contribution in [1.29, 1.82) is 0 Å². The molecule has 0 saturated heterocycles. The number of anilines is 1. The number of nitrogens with zero attached hydrogens (tertiary/aromatic N) is 2. The first-order chi connectivity index (χ1) is 6.45. The third-order valence-corrected chi connectivity index (χ3v) is 2.25. The number of hydrogen-bond acceptors (Lipinski definition) is 4. The second kappa shape index (κ2) is 3.82. The molecule has 0 aliphatic carbocycles. The molecule has 0 aliphatic rings. The third-order valence-electron chi connectivity index (χ3n) is 1.47. The number of nitrogen functional groups attached to an aromatic ring is 1. The molecule has 76 valence electrons. The Bertz CT molecular complexity index is 386. The van der Waals surface area contributed by atoms with Crippen molar-refractivity contribution in [3.63, 3.8) is 0 Å². The fraction of sp³-hybridized carbons (Fsp3) is 0.167. The van der Waals surface area contributed by atoms with E-state index in [-0.39, 0.29) is 10.3 Å². The lowest BCUT2D eigenvalue weighted by atomic mass is 10.2. The van der Waals surface area contributed by atoms with E-state index in [0.29, 0.717) is 6.20 Å². The van der Waals surface area contributed by atoms with Gasteiger partial charge in [0.2, 0.25) is 0 Å². The molecule has 0 saturated carbocycles. The van der Waals surface area contributed by atoms with Crippen molar-refractivity contribution in [2.24, 2.45) is 0 Å². The van der Waals surface area contributed by atoms with Crippen LogP contribution in [0.5, 0.6) is 0 Å². The van der Waals surface area contributed by atoms with Gasteiger partial charge in [-0.2, -0.15) is 0 Å². The average Bonchev–Trinajstić information content (AvgIpc) is 2.08. The molecule has 1 aromatic heterocycles. The lowest BCUT2D eigenvalue weighted by Gasteiger charge is -2.04. The summed E-state index contributed by atoms with van der Waals surface area (Å²) in [6.45, 7) is 0. The SMILES string of the molecule is Nc1ncc(C(F)F)c([N+](=O)[O-])c1Br. The summed E-state index contributed by atoms with van der Waals surface area (Å²) in [5.74, 6) is -0.193. The molecule has 0 unspecified atom stereocenters. The number of pyridine rings is 1. The Hall–Kier alpha value is -1.31. The Labute approximate surface area is 85.2 Å². The van der Waals surface area contributed by atoms with Gasteiger partial charge in [-0.3, -0.25) is 10.1 Å². The number of alkyl halides is 2. The lowest BCUT2D eigenvalue weighted by molar-refractivity contribution is -0.387. The molecule has 0 fully saturated rings. The maximum absolute atomic E-state index is 12.3. The normalized spacial score (nSPS) is 10.6. The monoisotopic (exact) mass is 267 g/mol. The summed E-state index contributed by atoms with van der Waals surface area (Å²) in [5, 5.41) is 10.5. The zero-order chi connectivity index (χ0) is 10.9. The average molecular weight is 268 g/mol. The minimum atomic E-state index is -2.96. The standard InChI is InChI=1S/C6H4BrF2N3O2/c7-3-4(12(13)14)2(5(8)9)1-11-6(3)10/h1,5H,(H2,10,11). The Balaban J connectivity index is 3.45. The van der Waals surface area contributed by atoms with Gasteiger partial charge in [-0.1, -0.05) is 0 Å². The molecule has 8 heteroatoms. The molecule has 0 atom stereocenters. The Morgan fingerprint density at radius 1 is 1.64 bits per heavy atom. The van der Waals surface area contributed by atoms with Crippen molar-refractivity contribution in [1.82, 2.24) is 4.98 Å². The van der Waals surface area contributed by atoms with Gasteiger partial charge in [0.25, 0.3) is 12.1 Å². The molecule has 0 spiro atoms. The molecule has 2 N–H and O–H groups in total. The van der Waals surface area contributed by atoms with Crippen molar-refractivity contribution in [3.05, 3.63) is 26.3 Å². The molecule has 1 rings (SSSR count). The molecule has 0 aliphatic heterocycles. The first-order valence-electron chi connectivity index (χ1n) is 3.31. The van der Waals surface area contributed by atoms with Crippen LogP contribution in [0.4, 0.5) is 20.3 Å². The van der Waals surface area contributed by atoms with Gasteiger partial charge in [0, 0.05) is 6.20 Å².